The highest BCUT2D eigenvalue weighted by Crippen LogP contribution is 2.26. The quantitative estimate of drug-likeness (QED) is 0.760. The Morgan fingerprint density at radius 2 is 1.97 bits per heavy atom. The number of anilines is 1. The third kappa shape index (κ3) is 5.60. The van der Waals surface area contributed by atoms with Gasteiger partial charge in [-0.2, -0.15) is 0 Å². The number of nitrogens with one attached hydrogen (secondary N) is 1. The number of nitrogens with zero attached hydrogens (tertiary/aromatic N) is 2. The summed E-state index contributed by atoms with van der Waals surface area (Å²) in [6.07, 6.45) is 8.23. The molecule has 0 atom stereocenters. The molecule has 1 aromatic rings. The Balaban J connectivity index is 1.49. The highest BCUT2D eigenvalue weighted by Gasteiger charge is 2.28. The Morgan fingerprint density at radius 1 is 1.21 bits per heavy atom. The van der Waals surface area contributed by atoms with Crippen LogP contribution >= 0.6 is 0 Å². The smallest absolute Gasteiger partial charge is 0.240 e. The van der Waals surface area contributed by atoms with Crippen molar-refractivity contribution in [3.05, 3.63) is 36.0 Å². The maximum absolute atomic E-state index is 12.8. The predicted molar refractivity (Wildman–Crippen MR) is 115 cm³/mol. The van der Waals surface area contributed by atoms with Crippen LogP contribution in [0.2, 0.25) is 0 Å². The van der Waals surface area contributed by atoms with Gasteiger partial charge in [-0.05, 0) is 70.7 Å². The third-order valence-corrected chi connectivity index (χ3v) is 5.91. The van der Waals surface area contributed by atoms with Gasteiger partial charge in [0.25, 0.3) is 0 Å². The molecule has 6 nitrogen and oxygen atoms in total. The molecule has 0 saturated carbocycles. The second-order valence-electron chi connectivity index (χ2n) is 7.82. The van der Waals surface area contributed by atoms with Crippen molar-refractivity contribution in [3.8, 4) is 5.75 Å². The summed E-state index contributed by atoms with van der Waals surface area (Å²) in [5.41, 5.74) is 1.90. The van der Waals surface area contributed by atoms with Crippen molar-refractivity contribution >= 4 is 17.5 Å². The molecule has 1 saturated heterocycles. The fourth-order valence-corrected chi connectivity index (χ4v) is 4.22. The van der Waals surface area contributed by atoms with Crippen LogP contribution in [0, 0.1) is 5.92 Å². The lowest BCUT2D eigenvalue weighted by molar-refractivity contribution is -0.131. The van der Waals surface area contributed by atoms with Gasteiger partial charge in [-0.25, -0.2) is 0 Å². The van der Waals surface area contributed by atoms with Crippen molar-refractivity contribution < 1.29 is 14.3 Å². The summed E-state index contributed by atoms with van der Waals surface area (Å²) in [5.74, 6) is 0.843. The number of ether oxygens (including phenoxy) is 1. The van der Waals surface area contributed by atoms with Gasteiger partial charge in [0.2, 0.25) is 11.8 Å². The molecule has 1 fully saturated rings. The highest BCUT2D eigenvalue weighted by molar-refractivity contribution is 5.94. The minimum absolute atomic E-state index is 0.0306. The monoisotopic (exact) mass is 399 g/mol. The Morgan fingerprint density at radius 3 is 2.62 bits per heavy atom. The maximum Gasteiger partial charge on any atom is 0.240 e. The highest BCUT2D eigenvalue weighted by atomic mass is 16.5. The zero-order valence-electron chi connectivity index (χ0n) is 17.7. The van der Waals surface area contributed by atoms with Crippen LogP contribution in [0.4, 0.5) is 5.69 Å². The van der Waals surface area contributed by atoms with Crippen molar-refractivity contribution in [2.24, 2.45) is 5.92 Å². The van der Waals surface area contributed by atoms with E-state index in [0.29, 0.717) is 18.0 Å². The number of carbonyl (C=O) groups is 2. The van der Waals surface area contributed by atoms with E-state index in [2.05, 4.69) is 16.3 Å². The number of likely N-dealkylation sites (N-methyl/N-ethyl adjacent to an activating group) is 1. The topological polar surface area (TPSA) is 61.9 Å². The molecule has 29 heavy (non-hydrogen) atoms. The number of para-hydroxylation sites is 2. The molecular weight excluding hydrogens is 366 g/mol. The number of carbonyl (C=O) groups excluding carboxylic acids is 2. The van der Waals surface area contributed by atoms with Crippen LogP contribution in [0.5, 0.6) is 5.75 Å². The number of amides is 2. The van der Waals surface area contributed by atoms with Crippen molar-refractivity contribution in [2.45, 2.75) is 45.4 Å². The summed E-state index contributed by atoms with van der Waals surface area (Å²) in [6.45, 7) is 4.74. The summed E-state index contributed by atoms with van der Waals surface area (Å²) in [6, 6.07) is 7.45. The van der Waals surface area contributed by atoms with E-state index < -0.39 is 0 Å². The first-order valence-electron chi connectivity index (χ1n) is 10.8. The number of hydrogen-bond donors (Lipinski definition) is 1. The normalized spacial score (nSPS) is 18.1. The van der Waals surface area contributed by atoms with Crippen molar-refractivity contribution in [2.75, 3.05) is 38.6 Å². The van der Waals surface area contributed by atoms with Crippen LogP contribution in [0.25, 0.3) is 0 Å². The van der Waals surface area contributed by atoms with E-state index in [9.17, 15) is 9.59 Å². The number of hydrogen-bond acceptors (Lipinski definition) is 4. The lowest BCUT2D eigenvalue weighted by Gasteiger charge is -2.33. The molecule has 3 rings (SSSR count). The van der Waals surface area contributed by atoms with Crippen molar-refractivity contribution in [1.82, 2.24) is 9.80 Å². The summed E-state index contributed by atoms with van der Waals surface area (Å²) in [5, 5.41) is 2.99. The van der Waals surface area contributed by atoms with E-state index >= 15 is 0 Å². The van der Waals surface area contributed by atoms with Crippen LogP contribution in [0.1, 0.15) is 45.4 Å². The Kier molecular flexibility index (Phi) is 7.69. The molecular formula is C23H33N3O3. The van der Waals surface area contributed by atoms with E-state index in [1.165, 1.54) is 18.5 Å². The van der Waals surface area contributed by atoms with Gasteiger partial charge in [-0.3, -0.25) is 14.5 Å². The van der Waals surface area contributed by atoms with E-state index in [4.69, 9.17) is 4.74 Å². The lowest BCUT2D eigenvalue weighted by atomic mass is 9.95. The van der Waals surface area contributed by atoms with Gasteiger partial charge in [0, 0.05) is 18.2 Å². The molecule has 1 heterocycles. The zero-order valence-corrected chi connectivity index (χ0v) is 17.7. The average molecular weight is 400 g/mol. The number of methoxy groups -OCH3 is 1. The van der Waals surface area contributed by atoms with Crippen LogP contribution in [0.15, 0.2) is 36.0 Å². The molecule has 0 unspecified atom stereocenters. The number of likely N-dealkylation sites (tertiary alicyclic amines) is 1. The summed E-state index contributed by atoms with van der Waals surface area (Å²) in [4.78, 5) is 29.6. The third-order valence-electron chi connectivity index (χ3n) is 5.91. The summed E-state index contributed by atoms with van der Waals surface area (Å²) in [7, 11) is 1.60. The lowest BCUT2D eigenvalue weighted by Crippen LogP contribution is -2.44. The van der Waals surface area contributed by atoms with Crippen molar-refractivity contribution in [3.63, 3.8) is 0 Å². The second-order valence-corrected chi connectivity index (χ2v) is 7.82. The van der Waals surface area contributed by atoms with Gasteiger partial charge in [0.15, 0.2) is 0 Å². The Bertz CT molecular complexity index is 739. The van der Waals surface area contributed by atoms with Gasteiger partial charge >= 0.3 is 0 Å². The van der Waals surface area contributed by atoms with Crippen LogP contribution in [0.3, 0.4) is 0 Å². The van der Waals surface area contributed by atoms with Gasteiger partial charge in [0.05, 0.1) is 19.3 Å². The molecule has 0 radical (unpaired) electrons. The maximum atomic E-state index is 12.8. The van der Waals surface area contributed by atoms with Gasteiger partial charge in [-0.1, -0.05) is 18.2 Å². The molecule has 0 aromatic heterocycles. The largest absolute Gasteiger partial charge is 0.495 e. The summed E-state index contributed by atoms with van der Waals surface area (Å²) >= 11 is 0. The summed E-state index contributed by atoms with van der Waals surface area (Å²) < 4.78 is 5.31. The SMILES string of the molecule is CCN(C(=O)CN1CCC(C(=O)Nc2ccccc2OC)CC1)C1=CCCCC1. The standard InChI is InChI=1S/C23H33N3O3/c1-3-26(19-9-5-4-6-10-19)22(27)17-25-15-13-18(14-16-25)23(28)24-20-11-7-8-12-21(20)29-2/h7-9,11-12,18H,3-6,10,13-17H2,1-2H3,(H,24,28). The number of allylic oxidation sites excluding steroid dienone is 2. The minimum atomic E-state index is -0.0328. The average Bonchev–Trinajstić information content (AvgIpc) is 2.76. The molecule has 0 bridgehead atoms. The van der Waals surface area contributed by atoms with Crippen molar-refractivity contribution in [1.29, 1.82) is 0 Å². The molecule has 1 aliphatic heterocycles. The molecule has 2 amide bonds. The first-order chi connectivity index (χ1) is 14.1. The minimum Gasteiger partial charge on any atom is -0.495 e. The second kappa shape index (κ2) is 10.4. The fraction of sp³-hybridized carbons (Fsp3) is 0.565. The predicted octanol–water partition coefficient (Wildman–Crippen LogP) is 3.65. The molecule has 0 spiro atoms. The van der Waals surface area contributed by atoms with E-state index in [-0.39, 0.29) is 17.7 Å². The van der Waals surface area contributed by atoms with Crippen LogP contribution in [-0.4, -0.2) is 54.9 Å². The fourth-order valence-electron chi connectivity index (χ4n) is 4.22. The Labute approximate surface area is 173 Å². The molecule has 1 N–H and O–H groups in total. The van der Waals surface area contributed by atoms with E-state index in [0.717, 1.165) is 45.3 Å². The van der Waals surface area contributed by atoms with Gasteiger partial charge in [0.1, 0.15) is 5.75 Å². The molecule has 1 aliphatic carbocycles. The van der Waals surface area contributed by atoms with E-state index in [1.807, 2.05) is 36.1 Å². The van der Waals surface area contributed by atoms with Gasteiger partial charge in [-0.15, -0.1) is 0 Å². The first kappa shape index (κ1) is 21.4. The number of rotatable bonds is 7. The molecule has 158 valence electrons. The number of benzene rings is 1. The Hall–Kier alpha value is -2.34. The number of piperidine rings is 1. The molecule has 6 heteroatoms. The van der Waals surface area contributed by atoms with Gasteiger partial charge < -0.3 is 15.0 Å². The van der Waals surface area contributed by atoms with Crippen LogP contribution in [-0.2, 0) is 9.59 Å². The van der Waals surface area contributed by atoms with Crippen LogP contribution < -0.4 is 10.1 Å². The molecule has 1 aromatic carbocycles. The first-order valence-corrected chi connectivity index (χ1v) is 10.8. The zero-order chi connectivity index (χ0) is 20.6. The molecule has 2 aliphatic rings. The van der Waals surface area contributed by atoms with E-state index in [1.54, 1.807) is 7.11 Å².